The first-order valence-corrected chi connectivity index (χ1v) is 21.4. The molecule has 53 heavy (non-hydrogen) atoms. The fourth-order valence-corrected chi connectivity index (χ4v) is 8.39. The van der Waals surface area contributed by atoms with E-state index < -0.39 is 78.6 Å². The SMILES string of the molecule is C[C@H](N)CCSCCNC(=O)CCNC(=O)[C@H](O)C(C)(C)COP(=O)(O)OP(=O)(O)OC[C@H]1O[C@@H](n2cnc3c(N)ncnc32)[C@H](O)[C@@H]1OP(=O)(O)O. The summed E-state index contributed by atoms with van der Waals surface area (Å²) in [7, 11) is -16.3. The van der Waals surface area contributed by atoms with Crippen molar-refractivity contribution in [3.8, 4) is 0 Å². The number of hydrogen-bond acceptors (Lipinski definition) is 18. The molecule has 1 saturated heterocycles. The first-order valence-electron chi connectivity index (χ1n) is 15.7. The Morgan fingerprint density at radius 2 is 1.75 bits per heavy atom. The summed E-state index contributed by atoms with van der Waals surface area (Å²) in [6.07, 6.45) is -5.89. The van der Waals surface area contributed by atoms with Crippen LogP contribution in [-0.4, -0.2) is 129 Å². The maximum Gasteiger partial charge on any atom is 0.481 e. The maximum absolute atomic E-state index is 12.6. The zero-order valence-corrected chi connectivity index (χ0v) is 32.2. The quantitative estimate of drug-likeness (QED) is 0.0495. The molecule has 2 amide bonds. The first kappa shape index (κ1) is 45.2. The number of nitrogen functional groups attached to an aromatic ring is 1. The highest BCUT2D eigenvalue weighted by atomic mass is 32.2. The van der Waals surface area contributed by atoms with Crippen molar-refractivity contribution in [2.75, 3.05) is 43.5 Å². The van der Waals surface area contributed by atoms with Gasteiger partial charge in [0, 0.05) is 36.7 Å². The summed E-state index contributed by atoms with van der Waals surface area (Å²) in [4.78, 5) is 75.4. The van der Waals surface area contributed by atoms with Crippen molar-refractivity contribution >= 4 is 64.0 Å². The third-order valence-electron chi connectivity index (χ3n) is 7.36. The van der Waals surface area contributed by atoms with Crippen LogP contribution in [0, 0.1) is 5.41 Å². The molecule has 2 aromatic heterocycles. The summed E-state index contributed by atoms with van der Waals surface area (Å²) < 4.78 is 62.0. The number of aromatic nitrogens is 4. The molecule has 0 saturated carbocycles. The van der Waals surface area contributed by atoms with Crippen LogP contribution in [0.25, 0.3) is 11.2 Å². The minimum atomic E-state index is -5.55. The van der Waals surface area contributed by atoms with Crippen LogP contribution in [0.15, 0.2) is 12.7 Å². The number of ether oxygens (including phenoxy) is 1. The third kappa shape index (κ3) is 14.1. The molecule has 0 radical (unpaired) electrons. The highest BCUT2D eigenvalue weighted by Crippen LogP contribution is 2.61. The van der Waals surface area contributed by atoms with E-state index in [-0.39, 0.29) is 41.9 Å². The molecule has 0 aliphatic carbocycles. The van der Waals surface area contributed by atoms with Gasteiger partial charge in [0.1, 0.15) is 36.3 Å². The molecule has 0 bridgehead atoms. The lowest BCUT2D eigenvalue weighted by Gasteiger charge is -2.30. The van der Waals surface area contributed by atoms with Gasteiger partial charge in [0.05, 0.1) is 19.5 Å². The first-order chi connectivity index (χ1) is 24.5. The number of amides is 2. The van der Waals surface area contributed by atoms with Gasteiger partial charge >= 0.3 is 23.5 Å². The molecular weight excluding hydrogens is 793 g/mol. The Morgan fingerprint density at radius 3 is 2.42 bits per heavy atom. The van der Waals surface area contributed by atoms with E-state index in [0.29, 0.717) is 12.3 Å². The Labute approximate surface area is 307 Å². The lowest BCUT2D eigenvalue weighted by Crippen LogP contribution is -2.46. The number of carbonyl (C=O) groups is 2. The van der Waals surface area contributed by atoms with Gasteiger partial charge in [0.15, 0.2) is 17.7 Å². The van der Waals surface area contributed by atoms with E-state index in [1.807, 2.05) is 6.92 Å². The second kappa shape index (κ2) is 19.1. The van der Waals surface area contributed by atoms with Gasteiger partial charge in [0.25, 0.3) is 0 Å². The van der Waals surface area contributed by atoms with Crippen LogP contribution in [0.1, 0.15) is 39.8 Å². The van der Waals surface area contributed by atoms with Gasteiger partial charge in [-0.05, 0) is 19.1 Å². The molecule has 2 aromatic rings. The van der Waals surface area contributed by atoms with Gasteiger partial charge in [-0.2, -0.15) is 16.1 Å². The van der Waals surface area contributed by atoms with E-state index in [4.69, 9.17) is 25.3 Å². The molecule has 0 aromatic carbocycles. The molecule has 0 spiro atoms. The Hall–Kier alpha value is -2.15. The topological polar surface area (TPSA) is 373 Å². The highest BCUT2D eigenvalue weighted by Gasteiger charge is 2.50. The fourth-order valence-electron chi connectivity index (χ4n) is 4.57. The number of carbonyl (C=O) groups excluding carboxylic acids is 2. The molecule has 24 nitrogen and oxygen atoms in total. The summed E-state index contributed by atoms with van der Waals surface area (Å²) in [5.74, 6) is 0.225. The van der Waals surface area contributed by atoms with E-state index in [9.17, 15) is 53.1 Å². The van der Waals surface area contributed by atoms with Crippen LogP contribution < -0.4 is 22.1 Å². The Morgan fingerprint density at radius 1 is 1.08 bits per heavy atom. The number of phosphoric acid groups is 3. The van der Waals surface area contributed by atoms with Crippen LogP contribution in [0.5, 0.6) is 0 Å². The second-order valence-corrected chi connectivity index (χ2v) is 17.9. The van der Waals surface area contributed by atoms with Crippen molar-refractivity contribution in [3.05, 3.63) is 12.7 Å². The highest BCUT2D eigenvalue weighted by molar-refractivity contribution is 7.99. The number of rotatable bonds is 22. The van der Waals surface area contributed by atoms with Crippen LogP contribution in [0.4, 0.5) is 5.82 Å². The Balaban J connectivity index is 1.51. The number of phosphoric ester groups is 3. The summed E-state index contributed by atoms with van der Waals surface area (Å²) in [6, 6.07) is 0.0930. The minimum absolute atomic E-state index is 0.0363. The number of aliphatic hydroxyl groups is 2. The molecule has 3 rings (SSSR count). The molecule has 302 valence electrons. The normalized spacial score (nSPS) is 22.9. The van der Waals surface area contributed by atoms with Gasteiger partial charge in [-0.1, -0.05) is 13.8 Å². The Kier molecular flexibility index (Phi) is 16.3. The number of imidazole rings is 1. The molecule has 1 fully saturated rings. The molecule has 1 aliphatic rings. The number of anilines is 1. The van der Waals surface area contributed by atoms with Crippen molar-refractivity contribution in [3.63, 3.8) is 0 Å². The molecular formula is C25H45N8O16P3S. The zero-order chi connectivity index (χ0) is 39.8. The smallest absolute Gasteiger partial charge is 0.386 e. The van der Waals surface area contributed by atoms with E-state index in [2.05, 4.69) is 34.4 Å². The molecule has 3 heterocycles. The number of fused-ring (bicyclic) bond motifs is 1. The van der Waals surface area contributed by atoms with Gasteiger partial charge in [0.2, 0.25) is 11.8 Å². The summed E-state index contributed by atoms with van der Waals surface area (Å²) in [6.45, 7) is 2.75. The van der Waals surface area contributed by atoms with Gasteiger partial charge in [-0.25, -0.2) is 28.6 Å². The molecule has 8 atom stereocenters. The summed E-state index contributed by atoms with van der Waals surface area (Å²) >= 11 is 1.63. The number of nitrogens with zero attached hydrogens (tertiary/aromatic N) is 4. The van der Waals surface area contributed by atoms with E-state index in [0.717, 1.165) is 29.4 Å². The monoisotopic (exact) mass is 838 g/mol. The Bertz CT molecular complexity index is 1700. The lowest BCUT2D eigenvalue weighted by atomic mass is 9.87. The largest absolute Gasteiger partial charge is 0.481 e. The second-order valence-electron chi connectivity index (χ2n) is 12.4. The van der Waals surface area contributed by atoms with Crippen molar-refractivity contribution in [1.29, 1.82) is 0 Å². The fraction of sp³-hybridized carbons (Fsp3) is 0.720. The molecule has 28 heteroatoms. The van der Waals surface area contributed by atoms with Gasteiger partial charge < -0.3 is 56.6 Å². The predicted octanol–water partition coefficient (Wildman–Crippen LogP) is -1.12. The van der Waals surface area contributed by atoms with Crippen molar-refractivity contribution in [2.45, 2.75) is 70.3 Å². The molecule has 1 aliphatic heterocycles. The van der Waals surface area contributed by atoms with E-state index >= 15 is 0 Å². The van der Waals surface area contributed by atoms with E-state index in [1.54, 1.807) is 11.8 Å². The average Bonchev–Trinajstić information content (AvgIpc) is 3.60. The number of hydrogen-bond donors (Lipinski definition) is 10. The summed E-state index contributed by atoms with van der Waals surface area (Å²) in [5, 5.41) is 26.5. The number of thioether (sulfide) groups is 1. The van der Waals surface area contributed by atoms with Crippen LogP contribution in [0.3, 0.4) is 0 Å². The number of aliphatic hydroxyl groups excluding tert-OH is 2. The lowest BCUT2D eigenvalue weighted by molar-refractivity contribution is -0.137. The number of nitrogens with two attached hydrogens (primary N) is 2. The van der Waals surface area contributed by atoms with Gasteiger partial charge in [-0.3, -0.25) is 27.7 Å². The van der Waals surface area contributed by atoms with E-state index in [1.165, 1.54) is 13.8 Å². The van der Waals surface area contributed by atoms with Crippen LogP contribution in [0.2, 0.25) is 0 Å². The van der Waals surface area contributed by atoms with Crippen LogP contribution in [-0.2, 0) is 45.9 Å². The van der Waals surface area contributed by atoms with Crippen molar-refractivity contribution in [2.24, 2.45) is 11.1 Å². The maximum atomic E-state index is 12.6. The van der Waals surface area contributed by atoms with Gasteiger partial charge in [-0.15, -0.1) is 0 Å². The standard InChI is InChI=1S/C25H45N8O16P3S/c1-14(26)5-8-53-9-7-28-16(34)4-6-29-23(37)20(36)25(2,3)11-46-52(43,44)49-51(41,42)45-10-15-19(48-50(38,39)40)18(35)24(47-15)33-13-32-17-21(27)30-12-31-22(17)33/h12-15,18-20,24,35-36H,4-11,26H2,1-3H3,(H,28,34)(H,29,37)(H,41,42)(H,43,44)(H2,27,30,31)(H2,38,39,40)/t14-,15+,18+,19+,20-,24+/m0/s1. The van der Waals surface area contributed by atoms with Crippen LogP contribution >= 0.6 is 35.2 Å². The molecule has 2 unspecified atom stereocenters. The summed E-state index contributed by atoms with van der Waals surface area (Å²) in [5.41, 5.74) is 9.99. The third-order valence-corrected chi connectivity index (χ3v) is 11.5. The predicted molar refractivity (Wildman–Crippen MR) is 185 cm³/mol. The zero-order valence-electron chi connectivity index (χ0n) is 28.7. The average molecular weight is 839 g/mol. The number of nitrogens with one attached hydrogen (secondary N) is 2. The van der Waals surface area contributed by atoms with Crippen molar-refractivity contribution < 1.29 is 75.7 Å². The minimum Gasteiger partial charge on any atom is -0.386 e. The molecule has 12 N–H and O–H groups in total. The van der Waals surface area contributed by atoms with Crippen molar-refractivity contribution in [1.82, 2.24) is 30.2 Å².